The molecule has 2 rings (SSSR count). The first kappa shape index (κ1) is 13.1. The van der Waals surface area contributed by atoms with Gasteiger partial charge in [0.1, 0.15) is 0 Å². The monoisotopic (exact) mass is 293 g/mol. The lowest BCUT2D eigenvalue weighted by Crippen LogP contribution is -2.54. The molecule has 0 amide bonds. The van der Waals surface area contributed by atoms with Gasteiger partial charge in [-0.2, -0.15) is 0 Å². The molecule has 1 aliphatic carbocycles. The van der Waals surface area contributed by atoms with Crippen LogP contribution in [0.15, 0.2) is 29.2 Å². The predicted octanol–water partition coefficient (Wildman–Crippen LogP) is 2.78. The smallest absolute Gasteiger partial charge is 0.207 e. The Hall–Kier alpha value is -0.290. The van der Waals surface area contributed by atoms with Crippen molar-refractivity contribution in [3.63, 3.8) is 0 Å². The summed E-state index contributed by atoms with van der Waals surface area (Å²) in [5.74, 6) is 0.305. The minimum atomic E-state index is -3.50. The number of nitrogens with one attached hydrogen (secondary N) is 1. The summed E-state index contributed by atoms with van der Waals surface area (Å²) in [6.45, 7) is 0. The van der Waals surface area contributed by atoms with Gasteiger partial charge in [0, 0.05) is 16.4 Å². The van der Waals surface area contributed by atoms with Gasteiger partial charge in [0.15, 0.2) is 0 Å². The van der Waals surface area contributed by atoms with Gasteiger partial charge in [-0.15, -0.1) is 11.6 Å². The standard InChI is InChI=1S/C11H13Cl2NO2S/c12-8-11(6-1-7-11)14-17(15,16)10-4-2-9(13)3-5-10/h2-5,14H,1,6-8H2. The minimum Gasteiger partial charge on any atom is -0.207 e. The first-order chi connectivity index (χ1) is 7.97. The number of benzene rings is 1. The lowest BCUT2D eigenvalue weighted by atomic mass is 9.79. The van der Waals surface area contributed by atoms with Crippen molar-refractivity contribution < 1.29 is 8.42 Å². The second-order valence-electron chi connectivity index (χ2n) is 4.33. The highest BCUT2D eigenvalue weighted by atomic mass is 35.5. The molecule has 94 valence electrons. The van der Waals surface area contributed by atoms with Gasteiger partial charge in [-0.05, 0) is 43.5 Å². The average Bonchev–Trinajstić information content (AvgIpc) is 2.24. The van der Waals surface area contributed by atoms with Crippen LogP contribution in [0, 0.1) is 0 Å². The van der Waals surface area contributed by atoms with Crippen LogP contribution in [-0.2, 0) is 10.0 Å². The lowest BCUT2D eigenvalue weighted by molar-refractivity contribution is 0.252. The van der Waals surface area contributed by atoms with Gasteiger partial charge < -0.3 is 0 Å². The van der Waals surface area contributed by atoms with E-state index in [1.54, 1.807) is 12.1 Å². The molecule has 0 spiro atoms. The highest BCUT2D eigenvalue weighted by Crippen LogP contribution is 2.34. The molecule has 0 saturated heterocycles. The van der Waals surface area contributed by atoms with E-state index in [-0.39, 0.29) is 4.90 Å². The fourth-order valence-electron chi connectivity index (χ4n) is 1.82. The molecule has 0 unspecified atom stereocenters. The summed E-state index contributed by atoms with van der Waals surface area (Å²) in [4.78, 5) is 0.221. The Bertz CT molecular complexity index is 489. The van der Waals surface area contributed by atoms with Crippen molar-refractivity contribution in [2.75, 3.05) is 5.88 Å². The van der Waals surface area contributed by atoms with E-state index in [0.29, 0.717) is 10.9 Å². The van der Waals surface area contributed by atoms with Crippen LogP contribution in [0.3, 0.4) is 0 Å². The summed E-state index contributed by atoms with van der Waals surface area (Å²) in [5, 5.41) is 0.514. The zero-order chi connectivity index (χ0) is 12.5. The first-order valence-corrected chi connectivity index (χ1v) is 7.73. The number of rotatable bonds is 4. The molecule has 17 heavy (non-hydrogen) atoms. The van der Waals surface area contributed by atoms with Crippen molar-refractivity contribution in [3.8, 4) is 0 Å². The van der Waals surface area contributed by atoms with Crippen molar-refractivity contribution in [3.05, 3.63) is 29.3 Å². The zero-order valence-corrected chi connectivity index (χ0v) is 11.4. The highest BCUT2D eigenvalue weighted by molar-refractivity contribution is 7.89. The number of hydrogen-bond acceptors (Lipinski definition) is 2. The lowest BCUT2D eigenvalue weighted by Gasteiger charge is -2.40. The summed E-state index contributed by atoms with van der Waals surface area (Å²) in [7, 11) is -3.50. The van der Waals surface area contributed by atoms with Crippen LogP contribution in [0.4, 0.5) is 0 Å². The Kier molecular flexibility index (Phi) is 3.69. The molecule has 0 radical (unpaired) electrons. The first-order valence-electron chi connectivity index (χ1n) is 5.33. The molecule has 3 nitrogen and oxygen atoms in total. The molecule has 1 N–H and O–H groups in total. The maximum Gasteiger partial charge on any atom is 0.241 e. The quantitative estimate of drug-likeness (QED) is 0.868. The minimum absolute atomic E-state index is 0.221. The topological polar surface area (TPSA) is 46.2 Å². The molecule has 0 aromatic heterocycles. The number of alkyl halides is 1. The van der Waals surface area contributed by atoms with Crippen LogP contribution in [0.2, 0.25) is 5.02 Å². The summed E-state index contributed by atoms with van der Waals surface area (Å²) in [6.07, 6.45) is 2.60. The van der Waals surface area contributed by atoms with Gasteiger partial charge in [0.2, 0.25) is 10.0 Å². The molecule has 1 saturated carbocycles. The summed E-state index contributed by atoms with van der Waals surface area (Å²) in [6, 6.07) is 6.10. The fourth-order valence-corrected chi connectivity index (χ4v) is 3.82. The van der Waals surface area contributed by atoms with Crippen LogP contribution in [0.5, 0.6) is 0 Å². The van der Waals surface area contributed by atoms with E-state index in [2.05, 4.69) is 4.72 Å². The molecule has 1 aromatic rings. The molecule has 0 aliphatic heterocycles. The van der Waals surface area contributed by atoms with Crippen molar-refractivity contribution in [2.45, 2.75) is 29.7 Å². The molecule has 1 aliphatic rings. The molecule has 0 atom stereocenters. The van der Waals surface area contributed by atoms with Gasteiger partial charge in [-0.1, -0.05) is 11.6 Å². The van der Waals surface area contributed by atoms with Gasteiger partial charge in [-0.3, -0.25) is 0 Å². The Morgan fingerprint density at radius 3 is 2.24 bits per heavy atom. The van der Waals surface area contributed by atoms with Gasteiger partial charge >= 0.3 is 0 Å². The molecule has 0 heterocycles. The van der Waals surface area contributed by atoms with E-state index in [0.717, 1.165) is 19.3 Å². The Balaban J connectivity index is 2.22. The third kappa shape index (κ3) is 2.76. The normalized spacial score (nSPS) is 18.7. The highest BCUT2D eigenvalue weighted by Gasteiger charge is 2.39. The van der Waals surface area contributed by atoms with Crippen LogP contribution in [0.1, 0.15) is 19.3 Å². The van der Waals surface area contributed by atoms with E-state index < -0.39 is 15.6 Å². The second kappa shape index (κ2) is 4.76. The molecule has 0 bridgehead atoms. The maximum atomic E-state index is 12.1. The Labute approximate surface area is 111 Å². The van der Waals surface area contributed by atoms with Gasteiger partial charge in [0.05, 0.1) is 4.90 Å². The van der Waals surface area contributed by atoms with Crippen molar-refractivity contribution in [1.29, 1.82) is 0 Å². The van der Waals surface area contributed by atoms with Crippen LogP contribution < -0.4 is 4.72 Å². The fraction of sp³-hybridized carbons (Fsp3) is 0.455. The predicted molar refractivity (Wildman–Crippen MR) is 69.1 cm³/mol. The summed E-state index contributed by atoms with van der Waals surface area (Å²) >= 11 is 11.6. The SMILES string of the molecule is O=S(=O)(NC1(CCl)CCC1)c1ccc(Cl)cc1. The molecule has 6 heteroatoms. The van der Waals surface area contributed by atoms with Crippen molar-refractivity contribution in [1.82, 2.24) is 4.72 Å². The van der Waals surface area contributed by atoms with Gasteiger partial charge in [-0.25, -0.2) is 13.1 Å². The largest absolute Gasteiger partial charge is 0.241 e. The zero-order valence-electron chi connectivity index (χ0n) is 9.12. The van der Waals surface area contributed by atoms with E-state index >= 15 is 0 Å². The van der Waals surface area contributed by atoms with Crippen molar-refractivity contribution in [2.24, 2.45) is 0 Å². The van der Waals surface area contributed by atoms with E-state index in [4.69, 9.17) is 23.2 Å². The van der Waals surface area contributed by atoms with E-state index in [1.807, 2.05) is 0 Å². The average molecular weight is 294 g/mol. The second-order valence-corrected chi connectivity index (χ2v) is 6.71. The molecule has 1 aromatic carbocycles. The number of sulfonamides is 1. The Morgan fingerprint density at radius 1 is 1.24 bits per heavy atom. The van der Waals surface area contributed by atoms with E-state index in [9.17, 15) is 8.42 Å². The number of halogens is 2. The maximum absolute atomic E-state index is 12.1. The summed E-state index contributed by atoms with van der Waals surface area (Å²) in [5.41, 5.74) is -0.458. The third-order valence-corrected chi connectivity index (χ3v) is 5.40. The van der Waals surface area contributed by atoms with Crippen LogP contribution in [0.25, 0.3) is 0 Å². The van der Waals surface area contributed by atoms with E-state index in [1.165, 1.54) is 12.1 Å². The van der Waals surface area contributed by atoms with Crippen LogP contribution >= 0.6 is 23.2 Å². The molecular weight excluding hydrogens is 281 g/mol. The summed E-state index contributed by atoms with van der Waals surface area (Å²) < 4.78 is 26.9. The van der Waals surface area contributed by atoms with Crippen LogP contribution in [-0.4, -0.2) is 19.8 Å². The van der Waals surface area contributed by atoms with Crippen molar-refractivity contribution >= 4 is 33.2 Å². The molecular formula is C11H13Cl2NO2S. The molecule has 1 fully saturated rings. The van der Waals surface area contributed by atoms with Gasteiger partial charge in [0.25, 0.3) is 0 Å². The number of hydrogen-bond donors (Lipinski definition) is 1. The Morgan fingerprint density at radius 2 is 1.82 bits per heavy atom. The third-order valence-electron chi connectivity index (χ3n) is 3.04.